The Hall–Kier alpha value is -2.48. The minimum absolute atomic E-state index is 0.104. The number of nitrogens with two attached hydrogens (primary N) is 1. The summed E-state index contributed by atoms with van der Waals surface area (Å²) in [6, 6.07) is 3.51. The molecule has 0 aromatic heterocycles. The summed E-state index contributed by atoms with van der Waals surface area (Å²) in [5.41, 5.74) is 5.42. The third-order valence-corrected chi connectivity index (χ3v) is 3.74. The number of ether oxygens (including phenoxy) is 4. The molecular weight excluding hydrogens is 328 g/mol. The first-order chi connectivity index (χ1) is 11.8. The second kappa shape index (κ2) is 9.12. The fraction of sp³-hybridized carbons (Fsp3) is 0.529. The van der Waals surface area contributed by atoms with Crippen LogP contribution in [0.5, 0.6) is 17.2 Å². The molecule has 0 radical (unpaired) electrons. The quantitative estimate of drug-likeness (QED) is 0.637. The molecule has 0 saturated carbocycles. The predicted molar refractivity (Wildman–Crippen MR) is 91.8 cm³/mol. The molecule has 0 aliphatic carbocycles. The molecule has 3 N–H and O–H groups in total. The van der Waals surface area contributed by atoms with Crippen molar-refractivity contribution in [3.63, 3.8) is 0 Å². The van der Waals surface area contributed by atoms with E-state index in [4.69, 9.17) is 19.9 Å². The van der Waals surface area contributed by atoms with Gasteiger partial charge in [0.2, 0.25) is 11.7 Å². The van der Waals surface area contributed by atoms with E-state index in [1.54, 1.807) is 12.1 Å². The molecule has 8 nitrogen and oxygen atoms in total. The van der Waals surface area contributed by atoms with E-state index in [2.05, 4.69) is 10.1 Å². The molecule has 0 fully saturated rings. The summed E-state index contributed by atoms with van der Waals surface area (Å²) in [5.74, 6) is 0.717. The lowest BCUT2D eigenvalue weighted by molar-refractivity contribution is -0.146. The Labute approximate surface area is 147 Å². The molecule has 1 rings (SSSR count). The number of rotatable bonds is 9. The van der Waals surface area contributed by atoms with Crippen molar-refractivity contribution in [3.8, 4) is 17.2 Å². The van der Waals surface area contributed by atoms with Gasteiger partial charge in [-0.1, -0.05) is 0 Å². The van der Waals surface area contributed by atoms with Gasteiger partial charge in [0, 0.05) is 13.0 Å². The van der Waals surface area contributed by atoms with E-state index in [9.17, 15) is 9.59 Å². The van der Waals surface area contributed by atoms with Gasteiger partial charge in [-0.2, -0.15) is 0 Å². The van der Waals surface area contributed by atoms with E-state index >= 15 is 0 Å². The lowest BCUT2D eigenvalue weighted by Crippen LogP contribution is -2.46. The molecule has 1 unspecified atom stereocenters. The van der Waals surface area contributed by atoms with Crippen LogP contribution in [0.3, 0.4) is 0 Å². The zero-order valence-corrected chi connectivity index (χ0v) is 15.3. The van der Waals surface area contributed by atoms with E-state index in [1.807, 2.05) is 0 Å². The smallest absolute Gasteiger partial charge is 0.325 e. The molecule has 8 heteroatoms. The van der Waals surface area contributed by atoms with E-state index in [0.29, 0.717) is 17.2 Å². The number of nitrogens with one attached hydrogen (secondary N) is 1. The van der Waals surface area contributed by atoms with Crippen LogP contribution in [0.2, 0.25) is 0 Å². The Morgan fingerprint density at radius 1 is 1.08 bits per heavy atom. The number of hydrogen-bond acceptors (Lipinski definition) is 7. The second-order valence-corrected chi connectivity index (χ2v) is 5.72. The fourth-order valence-corrected chi connectivity index (χ4v) is 2.23. The Kier molecular flexibility index (Phi) is 7.50. The molecule has 0 aliphatic rings. The van der Waals surface area contributed by atoms with Crippen molar-refractivity contribution in [2.24, 2.45) is 5.73 Å². The molecule has 0 heterocycles. The van der Waals surface area contributed by atoms with Crippen LogP contribution >= 0.6 is 0 Å². The van der Waals surface area contributed by atoms with Gasteiger partial charge in [-0.15, -0.1) is 0 Å². The summed E-state index contributed by atoms with van der Waals surface area (Å²) in [4.78, 5) is 23.5. The highest BCUT2D eigenvalue weighted by atomic mass is 16.5. The van der Waals surface area contributed by atoms with Gasteiger partial charge in [0.25, 0.3) is 0 Å². The second-order valence-electron chi connectivity index (χ2n) is 5.72. The first-order valence-corrected chi connectivity index (χ1v) is 7.72. The standard InChI is InChI=1S/C17H26N2O6/c1-17(18,16(21)25-5)7-6-14(20)19-10-11-8-12(22-2)15(24-4)13(9-11)23-3/h8-9H,6-7,10,18H2,1-5H3,(H,19,20). The number of methoxy groups -OCH3 is 4. The number of carbonyl (C=O) groups excluding carboxylic acids is 2. The van der Waals surface area contributed by atoms with Crippen molar-refractivity contribution in [2.45, 2.75) is 31.8 Å². The number of benzene rings is 1. The van der Waals surface area contributed by atoms with Gasteiger partial charge in [0.15, 0.2) is 11.5 Å². The average molecular weight is 354 g/mol. The highest BCUT2D eigenvalue weighted by Crippen LogP contribution is 2.38. The van der Waals surface area contributed by atoms with Crippen molar-refractivity contribution in [1.82, 2.24) is 5.32 Å². The lowest BCUT2D eigenvalue weighted by atomic mass is 9.97. The first-order valence-electron chi connectivity index (χ1n) is 7.72. The van der Waals surface area contributed by atoms with Gasteiger partial charge in [-0.05, 0) is 31.0 Å². The minimum Gasteiger partial charge on any atom is -0.493 e. The molecule has 25 heavy (non-hydrogen) atoms. The molecule has 0 spiro atoms. The normalized spacial score (nSPS) is 12.7. The lowest BCUT2D eigenvalue weighted by Gasteiger charge is -2.20. The summed E-state index contributed by atoms with van der Waals surface area (Å²) < 4.78 is 20.4. The molecule has 1 atom stereocenters. The highest BCUT2D eigenvalue weighted by Gasteiger charge is 2.29. The van der Waals surface area contributed by atoms with Crippen LogP contribution in [-0.2, 0) is 20.9 Å². The van der Waals surface area contributed by atoms with Gasteiger partial charge in [-0.25, -0.2) is 0 Å². The highest BCUT2D eigenvalue weighted by molar-refractivity contribution is 5.82. The summed E-state index contributed by atoms with van der Waals surface area (Å²) in [6.45, 7) is 1.81. The predicted octanol–water partition coefficient (Wildman–Crippen LogP) is 0.999. The zero-order chi connectivity index (χ0) is 19.0. The van der Waals surface area contributed by atoms with Crippen molar-refractivity contribution in [1.29, 1.82) is 0 Å². The first kappa shape index (κ1) is 20.6. The molecule has 0 saturated heterocycles. The van der Waals surface area contributed by atoms with Gasteiger partial charge in [0.1, 0.15) is 5.54 Å². The third kappa shape index (κ3) is 5.53. The molecule has 0 bridgehead atoms. The molecule has 1 aromatic rings. The summed E-state index contributed by atoms with van der Waals surface area (Å²) in [6.07, 6.45) is 0.285. The number of esters is 1. The van der Waals surface area contributed by atoms with Crippen LogP contribution in [0.25, 0.3) is 0 Å². The number of amides is 1. The largest absolute Gasteiger partial charge is 0.493 e. The van der Waals surface area contributed by atoms with Crippen LogP contribution in [0, 0.1) is 0 Å². The monoisotopic (exact) mass is 354 g/mol. The molecule has 0 aliphatic heterocycles. The molecule has 140 valence electrons. The van der Waals surface area contributed by atoms with E-state index < -0.39 is 11.5 Å². The van der Waals surface area contributed by atoms with Crippen molar-refractivity contribution in [3.05, 3.63) is 17.7 Å². The van der Waals surface area contributed by atoms with Crippen molar-refractivity contribution >= 4 is 11.9 Å². The topological polar surface area (TPSA) is 109 Å². The van der Waals surface area contributed by atoms with Gasteiger partial charge in [0.05, 0.1) is 28.4 Å². The third-order valence-electron chi connectivity index (χ3n) is 3.74. The SMILES string of the molecule is COC(=O)C(C)(N)CCC(=O)NCc1cc(OC)c(OC)c(OC)c1. The minimum atomic E-state index is -1.20. The molecular formula is C17H26N2O6. The zero-order valence-electron chi connectivity index (χ0n) is 15.3. The maximum absolute atomic E-state index is 12.0. The molecule has 1 aromatic carbocycles. The van der Waals surface area contributed by atoms with E-state index in [0.717, 1.165) is 5.56 Å². The van der Waals surface area contributed by atoms with E-state index in [1.165, 1.54) is 35.4 Å². The number of hydrogen-bond donors (Lipinski definition) is 2. The Balaban J connectivity index is 2.69. The van der Waals surface area contributed by atoms with Gasteiger partial charge < -0.3 is 30.0 Å². The summed E-state index contributed by atoms with van der Waals surface area (Å²) in [5, 5.41) is 2.77. The van der Waals surface area contributed by atoms with Gasteiger partial charge in [-0.3, -0.25) is 9.59 Å². The van der Waals surface area contributed by atoms with Gasteiger partial charge >= 0.3 is 5.97 Å². The maximum Gasteiger partial charge on any atom is 0.325 e. The average Bonchev–Trinajstić information content (AvgIpc) is 2.62. The summed E-state index contributed by atoms with van der Waals surface area (Å²) in [7, 11) is 5.83. The Bertz CT molecular complexity index is 590. The van der Waals surface area contributed by atoms with Crippen LogP contribution in [0.4, 0.5) is 0 Å². The molecule has 1 amide bonds. The van der Waals surface area contributed by atoms with Crippen molar-refractivity contribution in [2.75, 3.05) is 28.4 Å². The fourth-order valence-electron chi connectivity index (χ4n) is 2.23. The van der Waals surface area contributed by atoms with Crippen LogP contribution < -0.4 is 25.3 Å². The van der Waals surface area contributed by atoms with Crippen LogP contribution in [0.15, 0.2) is 12.1 Å². The van der Waals surface area contributed by atoms with Crippen LogP contribution in [-0.4, -0.2) is 45.9 Å². The maximum atomic E-state index is 12.0. The van der Waals surface area contributed by atoms with Crippen molar-refractivity contribution < 1.29 is 28.5 Å². The Morgan fingerprint density at radius 3 is 2.08 bits per heavy atom. The Morgan fingerprint density at radius 2 is 1.64 bits per heavy atom. The summed E-state index contributed by atoms with van der Waals surface area (Å²) >= 11 is 0. The van der Waals surface area contributed by atoms with Crippen LogP contribution in [0.1, 0.15) is 25.3 Å². The van der Waals surface area contributed by atoms with E-state index in [-0.39, 0.29) is 25.3 Å². The number of carbonyl (C=O) groups is 2.